The second-order valence-electron chi connectivity index (χ2n) is 2.97. The summed E-state index contributed by atoms with van der Waals surface area (Å²) in [7, 11) is 1.45. The second-order valence-corrected chi connectivity index (χ2v) is 3.41. The minimum absolute atomic E-state index is 0.0199. The van der Waals surface area contributed by atoms with Crippen LogP contribution in [-0.2, 0) is 9.53 Å². The minimum atomic E-state index is -0.648. The molecule has 0 spiro atoms. The van der Waals surface area contributed by atoms with Crippen molar-refractivity contribution in [3.8, 4) is 0 Å². The van der Waals surface area contributed by atoms with Crippen LogP contribution in [0.2, 0.25) is 0 Å². The predicted octanol–water partition coefficient (Wildman–Crippen LogP) is -0.186. The zero-order chi connectivity index (χ0) is 9.78. The molecule has 12 heavy (non-hydrogen) atoms. The third kappa shape index (κ3) is 3.64. The van der Waals surface area contributed by atoms with Crippen LogP contribution in [0.15, 0.2) is 0 Å². The smallest absolute Gasteiger partial charge is 0.246 e. The summed E-state index contributed by atoms with van der Waals surface area (Å²) in [4.78, 5) is 11.3. The van der Waals surface area contributed by atoms with Crippen molar-refractivity contribution in [2.24, 2.45) is 5.73 Å². The van der Waals surface area contributed by atoms with Crippen LogP contribution in [0.25, 0.3) is 0 Å². The molecule has 0 aromatic heterocycles. The third-order valence-electron chi connectivity index (χ3n) is 1.34. The van der Waals surface area contributed by atoms with Crippen LogP contribution in [0.3, 0.4) is 0 Å². The Bertz CT molecular complexity index is 192. The van der Waals surface area contributed by atoms with Gasteiger partial charge in [-0.05, 0) is 13.8 Å². The number of amides is 1. The molecule has 0 radical (unpaired) electrons. The first-order valence-electron chi connectivity index (χ1n) is 3.50. The molecule has 0 bridgehead atoms. The Kier molecular flexibility index (Phi) is 4.12. The van der Waals surface area contributed by atoms with E-state index >= 15 is 0 Å². The summed E-state index contributed by atoms with van der Waals surface area (Å²) in [6.45, 7) is 3.50. The van der Waals surface area contributed by atoms with E-state index in [4.69, 9.17) is 18.0 Å². The van der Waals surface area contributed by atoms with E-state index in [1.54, 1.807) is 13.8 Å². The molecule has 0 saturated carbocycles. The van der Waals surface area contributed by atoms with Crippen LogP contribution in [0.4, 0.5) is 0 Å². The van der Waals surface area contributed by atoms with Crippen molar-refractivity contribution in [1.29, 1.82) is 0 Å². The van der Waals surface area contributed by atoms with Crippen molar-refractivity contribution >= 4 is 23.1 Å². The number of hydrogen-bond donors (Lipinski definition) is 2. The zero-order valence-corrected chi connectivity index (χ0v) is 8.33. The Morgan fingerprint density at radius 2 is 2.17 bits per heavy atom. The molecular weight excluding hydrogens is 176 g/mol. The van der Waals surface area contributed by atoms with Crippen molar-refractivity contribution in [2.75, 3.05) is 13.7 Å². The molecule has 0 rings (SSSR count). The normalized spacial score (nSPS) is 10.9. The fourth-order valence-corrected chi connectivity index (χ4v) is 0.628. The van der Waals surface area contributed by atoms with E-state index in [2.05, 4.69) is 10.1 Å². The fraction of sp³-hybridized carbons (Fsp3) is 0.714. The molecule has 3 N–H and O–H groups in total. The molecule has 70 valence electrons. The second kappa shape index (κ2) is 4.37. The first kappa shape index (κ1) is 11.3. The van der Waals surface area contributed by atoms with Crippen LogP contribution in [0, 0.1) is 0 Å². The van der Waals surface area contributed by atoms with Gasteiger partial charge in [-0.1, -0.05) is 12.2 Å². The monoisotopic (exact) mass is 190 g/mol. The standard InChI is InChI=1S/C7H14N2O2S/c1-7(2,6(8)12)9-5(10)4-11-3/h4H2,1-3H3,(H2,8,12)(H,9,10). The summed E-state index contributed by atoms with van der Waals surface area (Å²) in [6.07, 6.45) is 0. The van der Waals surface area contributed by atoms with Gasteiger partial charge in [0.15, 0.2) is 0 Å². The van der Waals surface area contributed by atoms with Gasteiger partial charge < -0.3 is 15.8 Å². The summed E-state index contributed by atoms with van der Waals surface area (Å²) in [5.74, 6) is -0.227. The Morgan fingerprint density at radius 3 is 2.50 bits per heavy atom. The Hall–Kier alpha value is -0.680. The number of hydrogen-bond acceptors (Lipinski definition) is 3. The van der Waals surface area contributed by atoms with E-state index in [9.17, 15) is 4.79 Å². The summed E-state index contributed by atoms with van der Waals surface area (Å²) in [6, 6.07) is 0. The number of thiocarbonyl (C=S) groups is 1. The highest BCUT2D eigenvalue weighted by molar-refractivity contribution is 7.80. The first-order chi connectivity index (χ1) is 5.40. The highest BCUT2D eigenvalue weighted by Crippen LogP contribution is 2.01. The lowest BCUT2D eigenvalue weighted by molar-refractivity contribution is -0.125. The molecule has 1 amide bonds. The summed E-state index contributed by atoms with van der Waals surface area (Å²) < 4.78 is 4.63. The van der Waals surface area contributed by atoms with Crippen molar-refractivity contribution in [2.45, 2.75) is 19.4 Å². The summed E-state index contributed by atoms with van der Waals surface area (Å²) in [5, 5.41) is 2.63. The van der Waals surface area contributed by atoms with Gasteiger partial charge in [0.1, 0.15) is 6.61 Å². The number of carbonyl (C=O) groups is 1. The lowest BCUT2D eigenvalue weighted by Gasteiger charge is -2.24. The number of methoxy groups -OCH3 is 1. The van der Waals surface area contributed by atoms with E-state index in [1.807, 2.05) is 0 Å². The predicted molar refractivity (Wildman–Crippen MR) is 50.9 cm³/mol. The van der Waals surface area contributed by atoms with Gasteiger partial charge >= 0.3 is 0 Å². The van der Waals surface area contributed by atoms with Crippen LogP contribution in [0.1, 0.15) is 13.8 Å². The Balaban J connectivity index is 4.06. The number of nitrogens with one attached hydrogen (secondary N) is 1. The van der Waals surface area contributed by atoms with Crippen molar-refractivity contribution in [3.63, 3.8) is 0 Å². The molecule has 0 aliphatic heterocycles. The Morgan fingerprint density at radius 1 is 1.67 bits per heavy atom. The summed E-state index contributed by atoms with van der Waals surface area (Å²) >= 11 is 4.76. The van der Waals surface area contributed by atoms with Gasteiger partial charge in [-0.2, -0.15) is 0 Å². The molecule has 0 fully saturated rings. The lowest BCUT2D eigenvalue weighted by Crippen LogP contribution is -2.53. The minimum Gasteiger partial charge on any atom is -0.391 e. The van der Waals surface area contributed by atoms with E-state index < -0.39 is 5.54 Å². The van der Waals surface area contributed by atoms with Crippen molar-refractivity contribution in [1.82, 2.24) is 5.32 Å². The highest BCUT2D eigenvalue weighted by atomic mass is 32.1. The van der Waals surface area contributed by atoms with Crippen molar-refractivity contribution in [3.05, 3.63) is 0 Å². The number of ether oxygens (including phenoxy) is 1. The van der Waals surface area contributed by atoms with Gasteiger partial charge in [0, 0.05) is 7.11 Å². The average molecular weight is 190 g/mol. The molecule has 0 aliphatic carbocycles. The maximum atomic E-state index is 11.0. The molecule has 0 aromatic carbocycles. The largest absolute Gasteiger partial charge is 0.391 e. The Labute approximate surface area is 77.5 Å². The van der Waals surface area contributed by atoms with Gasteiger partial charge in [0.05, 0.1) is 10.5 Å². The first-order valence-corrected chi connectivity index (χ1v) is 3.91. The van der Waals surface area contributed by atoms with E-state index in [1.165, 1.54) is 7.11 Å². The van der Waals surface area contributed by atoms with Crippen LogP contribution in [-0.4, -0.2) is 30.2 Å². The van der Waals surface area contributed by atoms with Crippen molar-refractivity contribution < 1.29 is 9.53 Å². The number of nitrogens with two attached hydrogens (primary N) is 1. The highest BCUT2D eigenvalue weighted by Gasteiger charge is 2.22. The quantitative estimate of drug-likeness (QED) is 0.603. The molecule has 5 heteroatoms. The SMILES string of the molecule is COCC(=O)NC(C)(C)C(N)=S. The number of rotatable bonds is 4. The van der Waals surface area contributed by atoms with Gasteiger partial charge in [0.25, 0.3) is 0 Å². The molecule has 0 unspecified atom stereocenters. The molecule has 0 aliphatic rings. The fourth-order valence-electron chi connectivity index (χ4n) is 0.577. The van der Waals surface area contributed by atoms with E-state index in [0.29, 0.717) is 0 Å². The topological polar surface area (TPSA) is 64.3 Å². The van der Waals surface area contributed by atoms with Crippen LogP contribution in [0.5, 0.6) is 0 Å². The van der Waals surface area contributed by atoms with Crippen LogP contribution >= 0.6 is 12.2 Å². The molecule has 0 atom stereocenters. The maximum absolute atomic E-state index is 11.0. The molecule has 0 saturated heterocycles. The molecular formula is C7H14N2O2S. The maximum Gasteiger partial charge on any atom is 0.246 e. The van der Waals surface area contributed by atoms with Gasteiger partial charge in [-0.3, -0.25) is 4.79 Å². The van der Waals surface area contributed by atoms with Crippen LogP contribution < -0.4 is 11.1 Å². The molecule has 4 nitrogen and oxygen atoms in total. The van der Waals surface area contributed by atoms with Gasteiger partial charge in [-0.15, -0.1) is 0 Å². The van der Waals surface area contributed by atoms with Gasteiger partial charge in [0.2, 0.25) is 5.91 Å². The zero-order valence-electron chi connectivity index (χ0n) is 7.51. The molecule has 0 heterocycles. The number of carbonyl (C=O) groups excluding carboxylic acids is 1. The third-order valence-corrected chi connectivity index (χ3v) is 1.85. The van der Waals surface area contributed by atoms with Gasteiger partial charge in [-0.25, -0.2) is 0 Å². The van der Waals surface area contributed by atoms with E-state index in [-0.39, 0.29) is 17.5 Å². The average Bonchev–Trinajstić information content (AvgIpc) is 1.85. The van der Waals surface area contributed by atoms with E-state index in [0.717, 1.165) is 0 Å². The summed E-state index contributed by atoms with van der Waals surface area (Å²) in [5.41, 5.74) is 4.74. The molecule has 0 aromatic rings. The lowest BCUT2D eigenvalue weighted by atomic mass is 10.1.